The Labute approximate surface area is 109 Å². The normalized spacial score (nSPS) is 21.3. The standard InChI is InChI=1S/C11H15ClF2N4/c1-18-4-2-3-7(6-18)15-9-5-8(11(13)14)10(12)17-16-9/h5,7,11H,2-4,6H2,1H3,(H,15,16)/t7-/m1/s1. The molecule has 0 saturated carbocycles. The number of aromatic nitrogens is 2. The fourth-order valence-corrected chi connectivity index (χ4v) is 2.28. The zero-order chi connectivity index (χ0) is 13.1. The maximum absolute atomic E-state index is 12.7. The fourth-order valence-electron chi connectivity index (χ4n) is 2.11. The van der Waals surface area contributed by atoms with Gasteiger partial charge in [0.2, 0.25) is 0 Å². The van der Waals surface area contributed by atoms with E-state index in [9.17, 15) is 8.78 Å². The average Bonchev–Trinajstić information content (AvgIpc) is 2.31. The van der Waals surface area contributed by atoms with Crippen LogP contribution in [0.4, 0.5) is 14.6 Å². The second kappa shape index (κ2) is 5.75. The van der Waals surface area contributed by atoms with Crippen LogP contribution in [-0.2, 0) is 0 Å². The molecule has 1 atom stereocenters. The van der Waals surface area contributed by atoms with E-state index < -0.39 is 6.43 Å². The summed E-state index contributed by atoms with van der Waals surface area (Å²) in [4.78, 5) is 2.19. The quantitative estimate of drug-likeness (QED) is 0.921. The fraction of sp³-hybridized carbons (Fsp3) is 0.636. The molecule has 2 rings (SSSR count). The lowest BCUT2D eigenvalue weighted by Crippen LogP contribution is -2.39. The summed E-state index contributed by atoms with van der Waals surface area (Å²) in [5, 5.41) is 10.2. The molecular formula is C11H15ClF2N4. The van der Waals surface area contributed by atoms with Crippen molar-refractivity contribution < 1.29 is 8.78 Å². The summed E-state index contributed by atoms with van der Waals surface area (Å²) in [6.07, 6.45) is -0.558. The molecule has 4 nitrogen and oxygen atoms in total. The highest BCUT2D eigenvalue weighted by atomic mass is 35.5. The van der Waals surface area contributed by atoms with Gasteiger partial charge in [0, 0.05) is 12.6 Å². The molecule has 0 amide bonds. The van der Waals surface area contributed by atoms with E-state index in [-0.39, 0.29) is 16.8 Å². The van der Waals surface area contributed by atoms with Crippen LogP contribution in [0.15, 0.2) is 6.07 Å². The van der Waals surface area contributed by atoms with Crippen molar-refractivity contribution in [1.82, 2.24) is 15.1 Å². The molecule has 1 aliphatic rings. The molecule has 1 fully saturated rings. The third-order valence-corrected chi connectivity index (χ3v) is 3.28. The number of halogens is 3. The lowest BCUT2D eigenvalue weighted by atomic mass is 10.1. The van der Waals surface area contributed by atoms with Crippen molar-refractivity contribution in [3.8, 4) is 0 Å². The summed E-state index contributed by atoms with van der Waals surface area (Å²) in [7, 11) is 2.03. The molecule has 18 heavy (non-hydrogen) atoms. The van der Waals surface area contributed by atoms with Gasteiger partial charge in [-0.05, 0) is 32.5 Å². The molecule has 1 aromatic rings. The van der Waals surface area contributed by atoms with Crippen LogP contribution >= 0.6 is 11.6 Å². The van der Waals surface area contributed by atoms with Crippen LogP contribution in [0, 0.1) is 0 Å². The number of likely N-dealkylation sites (N-methyl/N-ethyl adjacent to an activating group) is 1. The van der Waals surface area contributed by atoms with Gasteiger partial charge < -0.3 is 10.2 Å². The Morgan fingerprint density at radius 3 is 2.94 bits per heavy atom. The van der Waals surface area contributed by atoms with Gasteiger partial charge in [-0.1, -0.05) is 11.6 Å². The molecule has 0 radical (unpaired) electrons. The Balaban J connectivity index is 2.07. The Kier molecular flexibility index (Phi) is 4.29. The van der Waals surface area contributed by atoms with Crippen molar-refractivity contribution >= 4 is 17.4 Å². The van der Waals surface area contributed by atoms with Crippen LogP contribution in [0.5, 0.6) is 0 Å². The second-order valence-electron chi connectivity index (χ2n) is 4.52. The van der Waals surface area contributed by atoms with Gasteiger partial charge in [0.15, 0.2) is 5.15 Å². The van der Waals surface area contributed by atoms with Crippen molar-refractivity contribution in [2.75, 3.05) is 25.5 Å². The number of nitrogens with zero attached hydrogens (tertiary/aromatic N) is 3. The van der Waals surface area contributed by atoms with E-state index in [1.165, 1.54) is 6.07 Å². The molecule has 1 aliphatic heterocycles. The lowest BCUT2D eigenvalue weighted by molar-refractivity contribution is 0.151. The van der Waals surface area contributed by atoms with E-state index >= 15 is 0 Å². The summed E-state index contributed by atoms with van der Waals surface area (Å²) in [6.45, 7) is 1.93. The minimum Gasteiger partial charge on any atom is -0.365 e. The van der Waals surface area contributed by atoms with E-state index in [4.69, 9.17) is 11.6 Å². The minimum absolute atomic E-state index is 0.213. The smallest absolute Gasteiger partial charge is 0.267 e. The van der Waals surface area contributed by atoms with E-state index in [0.29, 0.717) is 5.82 Å². The average molecular weight is 277 g/mol. The molecule has 100 valence electrons. The van der Waals surface area contributed by atoms with Gasteiger partial charge in [-0.2, -0.15) is 0 Å². The van der Waals surface area contributed by atoms with Gasteiger partial charge in [0.05, 0.1) is 5.56 Å². The third-order valence-electron chi connectivity index (χ3n) is 2.99. The molecule has 2 heterocycles. The van der Waals surface area contributed by atoms with Gasteiger partial charge >= 0.3 is 0 Å². The van der Waals surface area contributed by atoms with Crippen molar-refractivity contribution in [3.63, 3.8) is 0 Å². The van der Waals surface area contributed by atoms with Crippen molar-refractivity contribution in [2.45, 2.75) is 25.3 Å². The topological polar surface area (TPSA) is 41.0 Å². The number of nitrogens with one attached hydrogen (secondary N) is 1. The molecular weight excluding hydrogens is 262 g/mol. The summed E-state index contributed by atoms with van der Waals surface area (Å²) in [5.41, 5.74) is -0.279. The SMILES string of the molecule is CN1CCC[C@@H](Nc2cc(C(F)F)c(Cl)nn2)C1. The highest BCUT2D eigenvalue weighted by Gasteiger charge is 2.19. The number of piperidine rings is 1. The molecule has 1 aromatic heterocycles. The monoisotopic (exact) mass is 276 g/mol. The molecule has 0 unspecified atom stereocenters. The predicted octanol–water partition coefficient (Wildman–Crippen LogP) is 2.57. The third kappa shape index (κ3) is 3.26. The Bertz CT molecular complexity index is 416. The number of alkyl halides is 2. The van der Waals surface area contributed by atoms with Gasteiger partial charge in [-0.3, -0.25) is 0 Å². The van der Waals surface area contributed by atoms with Crippen LogP contribution in [0.3, 0.4) is 0 Å². The maximum Gasteiger partial charge on any atom is 0.267 e. The van der Waals surface area contributed by atoms with Crippen LogP contribution in [0.25, 0.3) is 0 Å². The van der Waals surface area contributed by atoms with E-state index in [0.717, 1.165) is 25.9 Å². The van der Waals surface area contributed by atoms with Crippen LogP contribution in [0.1, 0.15) is 24.8 Å². The summed E-state index contributed by atoms with van der Waals surface area (Å²) < 4.78 is 25.3. The zero-order valence-corrected chi connectivity index (χ0v) is 10.8. The number of hydrogen-bond acceptors (Lipinski definition) is 4. The molecule has 0 aliphatic carbocycles. The number of likely N-dealkylation sites (tertiary alicyclic amines) is 1. The summed E-state index contributed by atoms with van der Waals surface area (Å²) in [6, 6.07) is 1.49. The van der Waals surface area contributed by atoms with Gasteiger partial charge in [0.25, 0.3) is 6.43 Å². The molecule has 0 bridgehead atoms. The van der Waals surface area contributed by atoms with Gasteiger partial charge in [-0.25, -0.2) is 8.78 Å². The highest BCUT2D eigenvalue weighted by molar-refractivity contribution is 6.30. The number of hydrogen-bond donors (Lipinski definition) is 1. The number of anilines is 1. The van der Waals surface area contributed by atoms with E-state index in [2.05, 4.69) is 20.4 Å². The Morgan fingerprint density at radius 2 is 2.28 bits per heavy atom. The van der Waals surface area contributed by atoms with Crippen LogP contribution < -0.4 is 5.32 Å². The van der Waals surface area contributed by atoms with Crippen molar-refractivity contribution in [2.24, 2.45) is 0 Å². The van der Waals surface area contributed by atoms with E-state index in [1.807, 2.05) is 7.05 Å². The first-order chi connectivity index (χ1) is 8.56. The van der Waals surface area contributed by atoms with Gasteiger partial charge in [-0.15, -0.1) is 10.2 Å². The molecule has 0 spiro atoms. The van der Waals surface area contributed by atoms with E-state index in [1.54, 1.807) is 0 Å². The Hall–Kier alpha value is -1.01. The number of rotatable bonds is 3. The zero-order valence-electron chi connectivity index (χ0n) is 10.0. The summed E-state index contributed by atoms with van der Waals surface area (Å²) in [5.74, 6) is 0.356. The van der Waals surface area contributed by atoms with Gasteiger partial charge in [0.1, 0.15) is 5.82 Å². The predicted molar refractivity (Wildman–Crippen MR) is 66.1 cm³/mol. The highest BCUT2D eigenvalue weighted by Crippen LogP contribution is 2.26. The lowest BCUT2D eigenvalue weighted by Gasteiger charge is -2.30. The molecule has 0 aromatic carbocycles. The summed E-state index contributed by atoms with van der Waals surface area (Å²) >= 11 is 5.57. The largest absolute Gasteiger partial charge is 0.365 e. The molecule has 1 N–H and O–H groups in total. The minimum atomic E-state index is -2.64. The second-order valence-corrected chi connectivity index (χ2v) is 4.88. The first-order valence-corrected chi connectivity index (χ1v) is 6.20. The Morgan fingerprint density at radius 1 is 1.50 bits per heavy atom. The first-order valence-electron chi connectivity index (χ1n) is 5.82. The van der Waals surface area contributed by atoms with Crippen molar-refractivity contribution in [3.05, 3.63) is 16.8 Å². The van der Waals surface area contributed by atoms with Crippen LogP contribution in [0.2, 0.25) is 5.15 Å². The molecule has 7 heteroatoms. The maximum atomic E-state index is 12.7. The van der Waals surface area contributed by atoms with Crippen LogP contribution in [-0.4, -0.2) is 41.3 Å². The van der Waals surface area contributed by atoms with Crippen molar-refractivity contribution in [1.29, 1.82) is 0 Å². The molecule has 1 saturated heterocycles. The first kappa shape index (κ1) is 13.4.